The van der Waals surface area contributed by atoms with Crippen molar-refractivity contribution in [3.63, 3.8) is 0 Å². The van der Waals surface area contributed by atoms with Gasteiger partial charge in [0.2, 0.25) is 0 Å². The third kappa shape index (κ3) is 18.6. The van der Waals surface area contributed by atoms with E-state index in [0.29, 0.717) is 0 Å². The standard InChI is InChI=1S/Al.Ca.H3N.H4Si.Sr.7H/h;;1H3;1H4;;;;;;;;/q;+2;;;+2;;;;4*-1. The maximum absolute atomic E-state index is 0. The van der Waals surface area contributed by atoms with E-state index >= 15 is 0 Å². The van der Waals surface area contributed by atoms with Gasteiger partial charge in [-0.15, -0.1) is 0 Å². The van der Waals surface area contributed by atoms with Gasteiger partial charge >= 0.3 is 83.2 Å². The Morgan fingerprint density at radius 2 is 1.20 bits per heavy atom. The van der Waals surface area contributed by atoms with E-state index in [1.807, 2.05) is 0 Å². The normalized spacial score (nSPS) is 0. The van der Waals surface area contributed by atoms with Gasteiger partial charge in [0, 0.05) is 0 Å². The van der Waals surface area contributed by atoms with Gasteiger partial charge in [0.15, 0.2) is 17.4 Å². The zero-order valence-corrected chi connectivity index (χ0v) is 7.81. The average molecular weight is 211 g/mol. The molecular weight excluding hydrogens is 197 g/mol. The Morgan fingerprint density at radius 1 is 1.20 bits per heavy atom. The Morgan fingerprint density at radius 3 is 1.20 bits per heavy atom. The quantitative estimate of drug-likeness (QED) is 0.432. The van der Waals surface area contributed by atoms with Gasteiger partial charge in [0.1, 0.15) is 0 Å². The van der Waals surface area contributed by atoms with Gasteiger partial charge in [-0.1, -0.05) is 0 Å². The van der Waals surface area contributed by atoms with Gasteiger partial charge in [-0.2, -0.15) is 0 Å². The molecule has 0 aliphatic carbocycles. The second-order valence-corrected chi connectivity index (χ2v) is 0. The Balaban J connectivity index is 0. The molecule has 0 aliphatic rings. The van der Waals surface area contributed by atoms with Crippen LogP contribution in [0.1, 0.15) is 5.71 Å². The molecule has 0 aliphatic heterocycles. The van der Waals surface area contributed by atoms with Crippen molar-refractivity contribution in [2.45, 2.75) is 0 Å². The summed E-state index contributed by atoms with van der Waals surface area (Å²) in [6.07, 6.45) is 0. The maximum atomic E-state index is 0. The molecule has 0 unspecified atom stereocenters. The first-order valence-electron chi connectivity index (χ1n) is 0. The summed E-state index contributed by atoms with van der Waals surface area (Å²) in [6, 6.07) is 0. The molecule has 0 radical (unpaired) electrons. The molecule has 30 valence electrons. The Bertz CT molecular complexity index is 20.5. The molecule has 0 atom stereocenters. The molecule has 3 N–H and O–H groups in total. The van der Waals surface area contributed by atoms with E-state index in [0.717, 1.165) is 0 Å². The van der Waals surface area contributed by atoms with Gasteiger partial charge in [-0.25, -0.2) is 0 Å². The summed E-state index contributed by atoms with van der Waals surface area (Å²) in [6.45, 7) is 0. The van der Waals surface area contributed by atoms with E-state index in [1.54, 1.807) is 0 Å². The van der Waals surface area contributed by atoms with E-state index in [2.05, 4.69) is 0 Å². The smallest absolute Gasteiger partial charge is 1.00 e. The van der Waals surface area contributed by atoms with E-state index in [-0.39, 0.29) is 123 Å². The second kappa shape index (κ2) is 26.0. The summed E-state index contributed by atoms with van der Waals surface area (Å²) < 4.78 is 0. The van der Waals surface area contributed by atoms with Crippen molar-refractivity contribution >= 4 is 112 Å². The Kier molecular flexibility index (Phi) is 205. The van der Waals surface area contributed by atoms with Crippen LogP contribution in [0.15, 0.2) is 0 Å². The predicted molar refractivity (Wildman–Crippen MR) is 42.3 cm³/mol. The van der Waals surface area contributed by atoms with E-state index in [4.69, 9.17) is 0 Å². The Labute approximate surface area is 121 Å². The molecule has 1 nitrogen and oxygen atoms in total. The van der Waals surface area contributed by atoms with Crippen molar-refractivity contribution in [2.75, 3.05) is 0 Å². The summed E-state index contributed by atoms with van der Waals surface area (Å²) in [7, 11) is 0. The van der Waals surface area contributed by atoms with Crippen molar-refractivity contribution in [2.24, 2.45) is 0 Å². The van der Waals surface area contributed by atoms with Gasteiger partial charge < -0.3 is 11.9 Å². The molecule has 0 aromatic heterocycles. The van der Waals surface area contributed by atoms with Crippen LogP contribution < -0.4 is 6.15 Å². The molecule has 0 aromatic rings. The summed E-state index contributed by atoms with van der Waals surface area (Å²) in [5.41, 5.74) is 0. The number of rotatable bonds is 0. The van der Waals surface area contributed by atoms with Crippen molar-refractivity contribution in [3.8, 4) is 0 Å². The summed E-state index contributed by atoms with van der Waals surface area (Å²) in [5.74, 6) is 0. The molecule has 0 spiro atoms. The fraction of sp³-hybridized carbons (Fsp3) is 0. The first-order valence-corrected chi connectivity index (χ1v) is 0. The van der Waals surface area contributed by atoms with Gasteiger partial charge in [0.05, 0.1) is 0 Å². The van der Waals surface area contributed by atoms with Crippen LogP contribution in [-0.4, -0.2) is 112 Å². The van der Waals surface area contributed by atoms with Crippen LogP contribution in [0, 0.1) is 0 Å². The molecule has 0 saturated heterocycles. The number of hydrogen-bond acceptors (Lipinski definition) is 1. The zero-order chi connectivity index (χ0) is 0. The van der Waals surface area contributed by atoms with Crippen LogP contribution >= 0.6 is 0 Å². The van der Waals surface area contributed by atoms with Crippen molar-refractivity contribution in [1.82, 2.24) is 6.15 Å². The van der Waals surface area contributed by atoms with E-state index in [1.165, 1.54) is 0 Å². The van der Waals surface area contributed by atoms with E-state index in [9.17, 15) is 0 Å². The van der Waals surface area contributed by atoms with Crippen molar-refractivity contribution in [3.05, 3.63) is 0 Å². The largest absolute Gasteiger partial charge is 2.00 e. The molecule has 0 aromatic carbocycles. The average Bonchev–Trinajstić information content (AvgIpc) is 0. The maximum Gasteiger partial charge on any atom is 2.00 e. The first-order chi connectivity index (χ1) is 0. The number of hydrogen-bond donors (Lipinski definition) is 1. The third-order valence-electron chi connectivity index (χ3n) is 0. The first kappa shape index (κ1) is 39.4. The minimum atomic E-state index is 0. The molecule has 0 rings (SSSR count). The monoisotopic (exact) mass is 211 g/mol. The minimum Gasteiger partial charge on any atom is -1.00 e. The van der Waals surface area contributed by atoms with Crippen LogP contribution in [-0.2, 0) is 0 Å². The second-order valence-electron chi connectivity index (χ2n) is 0. The molecule has 0 amide bonds. The van der Waals surface area contributed by atoms with Gasteiger partial charge in [-0.3, -0.25) is 0 Å². The van der Waals surface area contributed by atoms with Crippen LogP contribution in [0.3, 0.4) is 0 Å². The van der Waals surface area contributed by atoms with Crippen molar-refractivity contribution in [1.29, 1.82) is 0 Å². The van der Waals surface area contributed by atoms with Gasteiger partial charge in [0.25, 0.3) is 0 Å². The molecule has 0 heterocycles. The fourth-order valence-electron chi connectivity index (χ4n) is 0. The molecular formula is H14AlCaNSiSr. The van der Waals surface area contributed by atoms with Crippen LogP contribution in [0.4, 0.5) is 0 Å². The van der Waals surface area contributed by atoms with Crippen molar-refractivity contribution < 1.29 is 5.71 Å². The van der Waals surface area contributed by atoms with Crippen LogP contribution in [0.5, 0.6) is 0 Å². The molecule has 0 saturated carbocycles. The van der Waals surface area contributed by atoms with Crippen LogP contribution in [0.2, 0.25) is 0 Å². The minimum absolute atomic E-state index is 0. The summed E-state index contributed by atoms with van der Waals surface area (Å²) >= 11 is 0. The van der Waals surface area contributed by atoms with Gasteiger partial charge in [-0.05, 0) is 11.0 Å². The molecule has 0 fully saturated rings. The molecule has 5 heavy (non-hydrogen) atoms. The Hall–Kier alpha value is 3.45. The molecule has 5 heteroatoms. The zero-order valence-electron chi connectivity index (χ0n) is 6.12. The SMILES string of the molecule is N.[AlH3].[Ca+2].[H-].[H-].[H-].[H-].[SiH4].[Sr+2]. The van der Waals surface area contributed by atoms with Crippen LogP contribution in [0.25, 0.3) is 0 Å². The predicted octanol–water partition coefficient (Wildman–Crippen LogP) is -2.79. The van der Waals surface area contributed by atoms with E-state index < -0.39 is 0 Å². The third-order valence-corrected chi connectivity index (χ3v) is 0. The summed E-state index contributed by atoms with van der Waals surface area (Å²) in [5, 5.41) is 0. The summed E-state index contributed by atoms with van der Waals surface area (Å²) in [4.78, 5) is 0. The fourth-order valence-corrected chi connectivity index (χ4v) is 0. The molecule has 0 bridgehead atoms. The topological polar surface area (TPSA) is 35.0 Å².